The lowest BCUT2D eigenvalue weighted by Gasteiger charge is -2.21. The van der Waals surface area contributed by atoms with Crippen LogP contribution in [0.15, 0.2) is 24.4 Å². The van der Waals surface area contributed by atoms with Crippen molar-refractivity contribution >= 4 is 10.9 Å². The molecule has 1 aromatic carbocycles. The molecule has 1 heterocycles. The van der Waals surface area contributed by atoms with E-state index in [1.165, 1.54) is 25.3 Å². The SMILES string of the molecule is FC(F)(F)c1ccc2[nH]cc(C3CC4CCC3C4)c2c1. The van der Waals surface area contributed by atoms with Crippen molar-refractivity contribution < 1.29 is 13.2 Å². The van der Waals surface area contributed by atoms with Crippen molar-refractivity contribution in [1.29, 1.82) is 0 Å². The molecule has 0 spiro atoms. The summed E-state index contributed by atoms with van der Waals surface area (Å²) < 4.78 is 38.6. The predicted molar refractivity (Wildman–Crippen MR) is 71.5 cm³/mol. The summed E-state index contributed by atoms with van der Waals surface area (Å²) in [5.41, 5.74) is 1.36. The quantitative estimate of drug-likeness (QED) is 0.748. The Labute approximate surface area is 115 Å². The van der Waals surface area contributed by atoms with Crippen molar-refractivity contribution in [3.8, 4) is 0 Å². The van der Waals surface area contributed by atoms with E-state index in [0.29, 0.717) is 11.8 Å². The van der Waals surface area contributed by atoms with Crippen LogP contribution in [-0.4, -0.2) is 4.98 Å². The van der Waals surface area contributed by atoms with Gasteiger partial charge >= 0.3 is 6.18 Å². The summed E-state index contributed by atoms with van der Waals surface area (Å²) in [6, 6.07) is 4.02. The van der Waals surface area contributed by atoms with E-state index in [1.54, 1.807) is 6.07 Å². The third-order valence-electron chi connectivity index (χ3n) is 5.18. The molecule has 2 saturated carbocycles. The van der Waals surface area contributed by atoms with Crippen LogP contribution in [0.3, 0.4) is 0 Å². The number of rotatable bonds is 1. The number of H-pyrrole nitrogens is 1. The maximum Gasteiger partial charge on any atom is 0.416 e. The molecule has 3 unspecified atom stereocenters. The highest BCUT2D eigenvalue weighted by molar-refractivity contribution is 5.84. The minimum atomic E-state index is -4.27. The molecule has 2 aliphatic rings. The number of nitrogens with one attached hydrogen (secondary N) is 1. The van der Waals surface area contributed by atoms with Gasteiger partial charge in [-0.15, -0.1) is 0 Å². The third-order valence-corrected chi connectivity index (χ3v) is 5.18. The van der Waals surface area contributed by atoms with Gasteiger partial charge in [0.05, 0.1) is 5.56 Å². The van der Waals surface area contributed by atoms with Crippen LogP contribution in [0.1, 0.15) is 42.7 Å². The zero-order valence-electron chi connectivity index (χ0n) is 11.0. The summed E-state index contributed by atoms with van der Waals surface area (Å²) >= 11 is 0. The first-order valence-electron chi connectivity index (χ1n) is 7.20. The fourth-order valence-corrected chi connectivity index (χ4v) is 4.25. The van der Waals surface area contributed by atoms with Crippen LogP contribution in [0.4, 0.5) is 13.2 Å². The van der Waals surface area contributed by atoms with Crippen LogP contribution in [0.2, 0.25) is 0 Å². The summed E-state index contributed by atoms with van der Waals surface area (Å²) in [5, 5.41) is 0.761. The number of benzene rings is 1. The first kappa shape index (κ1) is 12.3. The molecule has 1 N–H and O–H groups in total. The van der Waals surface area contributed by atoms with Gasteiger partial charge in [-0.1, -0.05) is 6.42 Å². The van der Waals surface area contributed by atoms with Crippen molar-refractivity contribution in [2.24, 2.45) is 11.8 Å². The molecular weight excluding hydrogens is 263 g/mol. The number of aromatic amines is 1. The average molecular weight is 279 g/mol. The summed E-state index contributed by atoms with van der Waals surface area (Å²) in [6.45, 7) is 0. The Morgan fingerprint density at radius 3 is 2.60 bits per heavy atom. The van der Waals surface area contributed by atoms with E-state index in [4.69, 9.17) is 0 Å². The van der Waals surface area contributed by atoms with Crippen molar-refractivity contribution in [2.45, 2.75) is 37.8 Å². The van der Waals surface area contributed by atoms with Crippen molar-refractivity contribution in [3.63, 3.8) is 0 Å². The predicted octanol–water partition coefficient (Wildman–Crippen LogP) is 5.09. The van der Waals surface area contributed by atoms with Gasteiger partial charge in [-0.05, 0) is 60.8 Å². The molecule has 1 nitrogen and oxygen atoms in total. The minimum Gasteiger partial charge on any atom is -0.361 e. The average Bonchev–Trinajstić information content (AvgIpc) is 3.11. The van der Waals surface area contributed by atoms with E-state index >= 15 is 0 Å². The lowest BCUT2D eigenvalue weighted by Crippen LogP contribution is -2.08. The standard InChI is InChI=1S/C16H16F3N/c17-16(18,19)11-3-4-15-13(7-11)14(8-20-15)12-6-9-1-2-10(12)5-9/h3-4,7-10,12,20H,1-2,5-6H2. The molecule has 2 fully saturated rings. The second-order valence-electron chi connectivity index (χ2n) is 6.28. The van der Waals surface area contributed by atoms with Crippen LogP contribution in [0.25, 0.3) is 10.9 Å². The van der Waals surface area contributed by atoms with Gasteiger partial charge in [0.25, 0.3) is 0 Å². The molecule has 106 valence electrons. The van der Waals surface area contributed by atoms with Crippen molar-refractivity contribution in [3.05, 3.63) is 35.5 Å². The molecule has 0 radical (unpaired) electrons. The Balaban J connectivity index is 1.80. The van der Waals surface area contributed by atoms with Crippen LogP contribution in [0, 0.1) is 11.8 Å². The number of hydrogen-bond donors (Lipinski definition) is 1. The maximum absolute atomic E-state index is 12.9. The minimum absolute atomic E-state index is 0.450. The molecule has 0 aliphatic heterocycles. The number of hydrogen-bond acceptors (Lipinski definition) is 0. The highest BCUT2D eigenvalue weighted by Crippen LogP contribution is 2.54. The number of halogens is 3. The van der Waals surface area contributed by atoms with Gasteiger partial charge in [0.1, 0.15) is 0 Å². The number of aromatic nitrogens is 1. The van der Waals surface area contributed by atoms with E-state index in [0.717, 1.165) is 34.9 Å². The zero-order chi connectivity index (χ0) is 13.9. The molecule has 1 aromatic heterocycles. The summed E-state index contributed by atoms with van der Waals surface area (Å²) in [6.07, 6.45) is 2.61. The van der Waals surface area contributed by atoms with Crippen LogP contribution in [-0.2, 0) is 6.18 Å². The molecule has 2 aromatic rings. The van der Waals surface area contributed by atoms with E-state index in [9.17, 15) is 13.2 Å². The van der Waals surface area contributed by atoms with Crippen LogP contribution in [0.5, 0.6) is 0 Å². The first-order valence-corrected chi connectivity index (χ1v) is 7.20. The summed E-state index contributed by atoms with van der Waals surface area (Å²) in [4.78, 5) is 3.14. The lowest BCUT2D eigenvalue weighted by molar-refractivity contribution is -0.137. The Morgan fingerprint density at radius 2 is 1.95 bits per heavy atom. The fraction of sp³-hybridized carbons (Fsp3) is 0.500. The van der Waals surface area contributed by atoms with Gasteiger partial charge in [0.2, 0.25) is 0 Å². The van der Waals surface area contributed by atoms with Crippen LogP contribution < -0.4 is 0 Å². The maximum atomic E-state index is 12.9. The Kier molecular flexibility index (Phi) is 2.48. The van der Waals surface area contributed by atoms with Gasteiger partial charge in [-0.2, -0.15) is 13.2 Å². The monoisotopic (exact) mass is 279 g/mol. The highest BCUT2D eigenvalue weighted by atomic mass is 19.4. The fourth-order valence-electron chi connectivity index (χ4n) is 4.25. The molecule has 4 heteroatoms. The Bertz CT molecular complexity index is 655. The highest BCUT2D eigenvalue weighted by Gasteiger charge is 2.41. The van der Waals surface area contributed by atoms with Gasteiger partial charge in [0, 0.05) is 17.1 Å². The van der Waals surface area contributed by atoms with E-state index in [2.05, 4.69) is 4.98 Å². The molecule has 2 aliphatic carbocycles. The Morgan fingerprint density at radius 1 is 1.10 bits per heavy atom. The topological polar surface area (TPSA) is 15.8 Å². The first-order chi connectivity index (χ1) is 9.52. The number of alkyl halides is 3. The smallest absolute Gasteiger partial charge is 0.361 e. The van der Waals surface area contributed by atoms with Crippen molar-refractivity contribution in [1.82, 2.24) is 4.98 Å². The summed E-state index contributed by atoms with van der Waals surface area (Å²) in [5.74, 6) is 1.92. The van der Waals surface area contributed by atoms with Gasteiger partial charge in [0.15, 0.2) is 0 Å². The van der Waals surface area contributed by atoms with Crippen molar-refractivity contribution in [2.75, 3.05) is 0 Å². The number of fused-ring (bicyclic) bond motifs is 3. The molecular formula is C16H16F3N. The van der Waals surface area contributed by atoms with Gasteiger partial charge in [-0.25, -0.2) is 0 Å². The molecule has 0 saturated heterocycles. The van der Waals surface area contributed by atoms with Gasteiger partial charge < -0.3 is 4.98 Å². The second kappa shape index (κ2) is 4.03. The van der Waals surface area contributed by atoms with E-state index in [1.807, 2.05) is 6.20 Å². The van der Waals surface area contributed by atoms with E-state index < -0.39 is 11.7 Å². The zero-order valence-corrected chi connectivity index (χ0v) is 11.0. The molecule has 2 bridgehead atoms. The summed E-state index contributed by atoms with van der Waals surface area (Å²) in [7, 11) is 0. The lowest BCUT2D eigenvalue weighted by atomic mass is 9.83. The molecule has 4 rings (SSSR count). The third kappa shape index (κ3) is 1.77. The molecule has 3 atom stereocenters. The van der Waals surface area contributed by atoms with Gasteiger partial charge in [-0.3, -0.25) is 0 Å². The molecule has 0 amide bonds. The normalized spacial score (nSPS) is 29.4. The molecule has 20 heavy (non-hydrogen) atoms. The second-order valence-corrected chi connectivity index (χ2v) is 6.28. The Hall–Kier alpha value is -1.45. The van der Waals surface area contributed by atoms with Crippen LogP contribution >= 0.6 is 0 Å². The largest absolute Gasteiger partial charge is 0.416 e. The van der Waals surface area contributed by atoms with E-state index in [-0.39, 0.29) is 0 Å².